The maximum Gasteiger partial charge on any atom is 0.339 e. The molecular formula is C18H10N2O6. The highest BCUT2D eigenvalue weighted by Gasteiger charge is 2.26. The number of nitro benzene ring substituents is 1. The fraction of sp³-hybridized carbons (Fsp3) is 0. The number of nitro groups is 1. The van der Waals surface area contributed by atoms with Crippen LogP contribution in [0.4, 0.5) is 5.69 Å². The molecule has 0 radical (unpaired) electrons. The van der Waals surface area contributed by atoms with E-state index in [4.69, 9.17) is 4.42 Å². The molecule has 2 N–H and O–H groups in total. The maximum atomic E-state index is 11.3. The van der Waals surface area contributed by atoms with E-state index in [-0.39, 0.29) is 10.8 Å². The van der Waals surface area contributed by atoms with E-state index in [1.807, 2.05) is 12.1 Å². The Morgan fingerprint density at radius 3 is 2.62 bits per heavy atom. The number of hydrogen-bond acceptors (Lipinski definition) is 6. The summed E-state index contributed by atoms with van der Waals surface area (Å²) in [7, 11) is 0. The number of phenols is 1. The average molecular weight is 350 g/mol. The minimum Gasteiger partial charge on any atom is -0.501 e. The number of aromatic hydroxyl groups is 1. The van der Waals surface area contributed by atoms with Crippen LogP contribution in [0.3, 0.4) is 0 Å². The Labute approximate surface area is 145 Å². The minimum absolute atomic E-state index is 0.123. The van der Waals surface area contributed by atoms with Gasteiger partial charge >= 0.3 is 11.7 Å². The van der Waals surface area contributed by atoms with E-state index >= 15 is 0 Å². The third kappa shape index (κ3) is 2.32. The summed E-state index contributed by atoms with van der Waals surface area (Å²) in [5.41, 5.74) is 0.587. The zero-order valence-corrected chi connectivity index (χ0v) is 13.0. The van der Waals surface area contributed by atoms with Gasteiger partial charge in [0.25, 0.3) is 0 Å². The van der Waals surface area contributed by atoms with Gasteiger partial charge in [0.2, 0.25) is 11.6 Å². The predicted molar refractivity (Wildman–Crippen MR) is 92.2 cm³/mol. The summed E-state index contributed by atoms with van der Waals surface area (Å²) in [4.78, 5) is 26.2. The molecule has 0 unspecified atom stereocenters. The second-order valence-electron chi connectivity index (χ2n) is 5.61. The molecule has 128 valence electrons. The molecular weight excluding hydrogens is 340 g/mol. The number of fused-ring (bicyclic) bond motifs is 2. The first-order valence-corrected chi connectivity index (χ1v) is 7.49. The van der Waals surface area contributed by atoms with Gasteiger partial charge in [-0.05, 0) is 41.8 Å². The third-order valence-electron chi connectivity index (χ3n) is 4.04. The standard InChI is InChI=1S/C18H10N2O6/c21-16-12(18(22)23)8-10-7-9(5-6-11(10)15(16)20(24)25)17-19-13-3-1-2-4-14(13)26-17/h1-8,21H,(H,22,23). The Morgan fingerprint density at radius 2 is 1.92 bits per heavy atom. The van der Waals surface area contributed by atoms with Gasteiger partial charge < -0.3 is 14.6 Å². The number of hydrogen-bond donors (Lipinski definition) is 2. The number of carbonyl (C=O) groups is 1. The highest BCUT2D eigenvalue weighted by atomic mass is 16.6. The van der Waals surface area contributed by atoms with Crippen LogP contribution in [0.1, 0.15) is 10.4 Å². The molecule has 3 aromatic carbocycles. The first kappa shape index (κ1) is 15.6. The lowest BCUT2D eigenvalue weighted by Gasteiger charge is -2.06. The summed E-state index contributed by atoms with van der Waals surface area (Å²) in [5.74, 6) is -2.02. The zero-order valence-electron chi connectivity index (χ0n) is 13.0. The summed E-state index contributed by atoms with van der Waals surface area (Å²) in [6, 6.07) is 12.9. The molecule has 4 aromatic rings. The van der Waals surface area contributed by atoms with Gasteiger partial charge in [-0.15, -0.1) is 0 Å². The Balaban J connectivity index is 1.98. The van der Waals surface area contributed by atoms with Gasteiger partial charge in [0.15, 0.2) is 5.58 Å². The summed E-state index contributed by atoms with van der Waals surface area (Å²) < 4.78 is 5.67. The Hall–Kier alpha value is -3.94. The quantitative estimate of drug-likeness (QED) is 0.423. The van der Waals surface area contributed by atoms with Gasteiger partial charge in [0, 0.05) is 5.56 Å². The van der Waals surface area contributed by atoms with Crippen molar-refractivity contribution in [2.75, 3.05) is 0 Å². The molecule has 0 aliphatic rings. The normalized spacial score (nSPS) is 11.1. The SMILES string of the molecule is O=C(O)c1cc2cc(-c3nc4ccccc4o3)ccc2c([N+](=O)[O-])c1O. The molecule has 0 atom stereocenters. The number of nitrogens with zero attached hydrogens (tertiary/aromatic N) is 2. The van der Waals surface area contributed by atoms with Gasteiger partial charge in [-0.3, -0.25) is 10.1 Å². The van der Waals surface area contributed by atoms with Crippen molar-refractivity contribution in [2.24, 2.45) is 0 Å². The molecule has 4 rings (SSSR count). The topological polar surface area (TPSA) is 127 Å². The van der Waals surface area contributed by atoms with E-state index in [9.17, 15) is 25.1 Å². The molecule has 8 heteroatoms. The fourth-order valence-electron chi connectivity index (χ4n) is 2.85. The van der Waals surface area contributed by atoms with E-state index in [0.29, 0.717) is 22.6 Å². The number of carboxylic acid groups (broad SMARTS) is 1. The lowest BCUT2D eigenvalue weighted by molar-refractivity contribution is -0.384. The lowest BCUT2D eigenvalue weighted by atomic mass is 10.0. The van der Waals surface area contributed by atoms with Gasteiger partial charge in [0.1, 0.15) is 11.1 Å². The summed E-state index contributed by atoms with van der Waals surface area (Å²) in [5, 5.41) is 30.9. The largest absolute Gasteiger partial charge is 0.501 e. The minimum atomic E-state index is -1.46. The Kier molecular flexibility index (Phi) is 3.33. The van der Waals surface area contributed by atoms with Gasteiger partial charge in [-0.25, -0.2) is 9.78 Å². The van der Waals surface area contributed by atoms with Crippen LogP contribution in [-0.2, 0) is 0 Å². The van der Waals surface area contributed by atoms with Gasteiger partial charge in [0.05, 0.1) is 10.3 Å². The van der Waals surface area contributed by atoms with Gasteiger partial charge in [-0.1, -0.05) is 12.1 Å². The summed E-state index contributed by atoms with van der Waals surface area (Å²) in [6.07, 6.45) is 0. The molecule has 26 heavy (non-hydrogen) atoms. The predicted octanol–water partition coefficient (Wildman–Crippen LogP) is 3.96. The van der Waals surface area contributed by atoms with Crippen molar-refractivity contribution in [3.05, 3.63) is 64.2 Å². The number of carboxylic acids is 1. The van der Waals surface area contributed by atoms with Gasteiger partial charge in [-0.2, -0.15) is 0 Å². The molecule has 0 saturated heterocycles. The number of aromatic carboxylic acids is 1. The molecule has 0 amide bonds. The van der Waals surface area contributed by atoms with Crippen molar-refractivity contribution < 1.29 is 24.3 Å². The van der Waals surface area contributed by atoms with Crippen LogP contribution in [0, 0.1) is 10.1 Å². The molecule has 0 bridgehead atoms. The van der Waals surface area contributed by atoms with E-state index in [2.05, 4.69) is 4.98 Å². The molecule has 0 spiro atoms. The van der Waals surface area contributed by atoms with Crippen molar-refractivity contribution in [1.29, 1.82) is 0 Å². The van der Waals surface area contributed by atoms with Crippen molar-refractivity contribution in [3.8, 4) is 17.2 Å². The number of aromatic nitrogens is 1. The second-order valence-corrected chi connectivity index (χ2v) is 5.61. The van der Waals surface area contributed by atoms with Crippen molar-refractivity contribution in [3.63, 3.8) is 0 Å². The average Bonchev–Trinajstić information content (AvgIpc) is 3.04. The van der Waals surface area contributed by atoms with E-state index in [0.717, 1.165) is 0 Å². The number of oxazole rings is 1. The number of benzene rings is 3. The van der Waals surface area contributed by atoms with Crippen LogP contribution in [0.25, 0.3) is 33.3 Å². The van der Waals surface area contributed by atoms with Crippen LogP contribution in [0.2, 0.25) is 0 Å². The monoisotopic (exact) mass is 350 g/mol. The molecule has 0 aliphatic carbocycles. The molecule has 1 heterocycles. The zero-order chi connectivity index (χ0) is 18.4. The van der Waals surface area contributed by atoms with Crippen LogP contribution in [-0.4, -0.2) is 26.1 Å². The maximum absolute atomic E-state index is 11.3. The first-order chi connectivity index (χ1) is 12.5. The van der Waals surface area contributed by atoms with E-state index in [1.165, 1.54) is 12.1 Å². The Bertz CT molecular complexity index is 1180. The summed E-state index contributed by atoms with van der Waals surface area (Å²) >= 11 is 0. The van der Waals surface area contributed by atoms with Crippen LogP contribution < -0.4 is 0 Å². The highest BCUT2D eigenvalue weighted by Crippen LogP contribution is 2.39. The van der Waals surface area contributed by atoms with Crippen molar-refractivity contribution in [1.82, 2.24) is 4.98 Å². The lowest BCUT2D eigenvalue weighted by Crippen LogP contribution is -2.00. The highest BCUT2D eigenvalue weighted by molar-refractivity contribution is 6.04. The molecule has 1 aromatic heterocycles. The molecule has 0 aliphatic heterocycles. The molecule has 8 nitrogen and oxygen atoms in total. The third-order valence-corrected chi connectivity index (χ3v) is 4.04. The molecule has 0 fully saturated rings. The number of rotatable bonds is 3. The first-order valence-electron chi connectivity index (χ1n) is 7.49. The van der Waals surface area contributed by atoms with Crippen LogP contribution in [0.15, 0.2) is 52.9 Å². The fourth-order valence-corrected chi connectivity index (χ4v) is 2.85. The second kappa shape index (κ2) is 5.55. The van der Waals surface area contributed by atoms with E-state index in [1.54, 1.807) is 24.3 Å². The van der Waals surface area contributed by atoms with E-state index < -0.39 is 27.9 Å². The Morgan fingerprint density at radius 1 is 1.15 bits per heavy atom. The smallest absolute Gasteiger partial charge is 0.339 e. The van der Waals surface area contributed by atoms with Crippen molar-refractivity contribution in [2.45, 2.75) is 0 Å². The van der Waals surface area contributed by atoms with Crippen LogP contribution >= 0.6 is 0 Å². The van der Waals surface area contributed by atoms with Crippen molar-refractivity contribution >= 4 is 33.5 Å². The number of para-hydroxylation sites is 2. The molecule has 0 saturated carbocycles. The van der Waals surface area contributed by atoms with Crippen LogP contribution in [0.5, 0.6) is 5.75 Å². The summed E-state index contributed by atoms with van der Waals surface area (Å²) in [6.45, 7) is 0.